The molecule has 0 aliphatic rings. The Balaban J connectivity index is 2.07. The summed E-state index contributed by atoms with van der Waals surface area (Å²) in [5.74, 6) is -1.51. The zero-order valence-electron chi connectivity index (χ0n) is 12.8. The van der Waals surface area contributed by atoms with E-state index in [0.717, 1.165) is 10.5 Å². The van der Waals surface area contributed by atoms with Crippen LogP contribution in [0.2, 0.25) is 0 Å². The molecule has 1 aromatic heterocycles. The average molecular weight is 345 g/mol. The van der Waals surface area contributed by atoms with E-state index in [2.05, 4.69) is 4.98 Å². The van der Waals surface area contributed by atoms with E-state index in [0.29, 0.717) is 5.03 Å². The number of rotatable bonds is 5. The number of imide groups is 1. The maximum Gasteiger partial charge on any atom is 0.341 e. The Kier molecular flexibility index (Phi) is 5.91. The van der Waals surface area contributed by atoms with E-state index in [1.807, 2.05) is 36.5 Å². The van der Waals surface area contributed by atoms with E-state index in [-0.39, 0.29) is 5.56 Å². The summed E-state index contributed by atoms with van der Waals surface area (Å²) in [4.78, 5) is 39.1. The molecule has 0 bridgehead atoms. The van der Waals surface area contributed by atoms with Crippen LogP contribution in [0.4, 0.5) is 4.79 Å². The number of nitrogens with two attached hydrogens (primary N) is 1. The predicted molar refractivity (Wildman–Crippen MR) is 87.5 cm³/mol. The molecule has 2 rings (SSSR count). The lowest BCUT2D eigenvalue weighted by Gasteiger charge is -2.08. The highest BCUT2D eigenvalue weighted by molar-refractivity contribution is 7.99. The molecule has 0 saturated heterocycles. The van der Waals surface area contributed by atoms with Gasteiger partial charge in [0.15, 0.2) is 6.61 Å². The number of hydrogen-bond acceptors (Lipinski definition) is 6. The minimum atomic E-state index is -1.01. The molecular formula is C16H15N3O4S. The summed E-state index contributed by atoms with van der Waals surface area (Å²) in [5, 5.41) is 2.27. The molecule has 1 heterocycles. The number of pyridine rings is 1. The smallest absolute Gasteiger partial charge is 0.341 e. The average Bonchev–Trinajstić information content (AvgIpc) is 2.54. The molecule has 7 nitrogen and oxygen atoms in total. The van der Waals surface area contributed by atoms with Gasteiger partial charge in [-0.2, -0.15) is 0 Å². The summed E-state index contributed by atoms with van der Waals surface area (Å²) in [6, 6.07) is 9.90. The number of primary amides is 1. The Bertz CT molecular complexity index is 762. The Labute approximate surface area is 142 Å². The number of benzene rings is 1. The number of amides is 3. The molecule has 0 unspecified atom stereocenters. The summed E-state index contributed by atoms with van der Waals surface area (Å²) < 4.78 is 4.88. The van der Waals surface area contributed by atoms with Gasteiger partial charge in [-0.3, -0.25) is 10.1 Å². The fraction of sp³-hybridized carbons (Fsp3) is 0.125. The number of carbonyl (C=O) groups excluding carboxylic acids is 3. The maximum atomic E-state index is 12.1. The second kappa shape index (κ2) is 8.11. The SMILES string of the molecule is Cc1ccc(Sc2ncccc2C(=O)OCC(=O)NC(N)=O)cc1. The van der Waals surface area contributed by atoms with Crippen molar-refractivity contribution in [1.29, 1.82) is 0 Å². The van der Waals surface area contributed by atoms with Crippen molar-refractivity contribution < 1.29 is 19.1 Å². The molecule has 0 saturated carbocycles. The first-order chi connectivity index (χ1) is 11.5. The van der Waals surface area contributed by atoms with Crippen LogP contribution in [-0.2, 0) is 9.53 Å². The van der Waals surface area contributed by atoms with Gasteiger partial charge in [-0.15, -0.1) is 0 Å². The lowest BCUT2D eigenvalue weighted by Crippen LogP contribution is -2.37. The molecule has 0 spiro atoms. The molecular weight excluding hydrogens is 330 g/mol. The molecule has 0 aliphatic heterocycles. The van der Waals surface area contributed by atoms with Gasteiger partial charge in [-0.05, 0) is 31.2 Å². The number of carbonyl (C=O) groups is 3. The lowest BCUT2D eigenvalue weighted by molar-refractivity contribution is -0.123. The van der Waals surface area contributed by atoms with Gasteiger partial charge >= 0.3 is 12.0 Å². The molecule has 2 aromatic rings. The third-order valence-electron chi connectivity index (χ3n) is 2.82. The van der Waals surface area contributed by atoms with Crippen LogP contribution in [0.5, 0.6) is 0 Å². The van der Waals surface area contributed by atoms with Crippen LogP contribution < -0.4 is 11.1 Å². The standard InChI is InChI=1S/C16H15N3O4S/c1-10-4-6-11(7-5-10)24-14-12(3-2-8-18-14)15(21)23-9-13(20)19-16(17)22/h2-8H,9H2,1H3,(H3,17,19,20,22). The van der Waals surface area contributed by atoms with E-state index in [4.69, 9.17) is 10.5 Å². The molecule has 0 fully saturated rings. The van der Waals surface area contributed by atoms with Crippen LogP contribution in [0.1, 0.15) is 15.9 Å². The monoisotopic (exact) mass is 345 g/mol. The molecule has 3 amide bonds. The molecule has 3 N–H and O–H groups in total. The number of hydrogen-bond donors (Lipinski definition) is 2. The number of nitrogens with one attached hydrogen (secondary N) is 1. The number of nitrogens with zero attached hydrogens (tertiary/aromatic N) is 1. The Hall–Kier alpha value is -2.87. The first-order valence-corrected chi connectivity index (χ1v) is 7.73. The summed E-state index contributed by atoms with van der Waals surface area (Å²) in [6.07, 6.45) is 1.56. The van der Waals surface area contributed by atoms with E-state index < -0.39 is 24.5 Å². The van der Waals surface area contributed by atoms with Crippen molar-refractivity contribution in [3.05, 3.63) is 53.7 Å². The highest BCUT2D eigenvalue weighted by Crippen LogP contribution is 2.29. The van der Waals surface area contributed by atoms with Crippen LogP contribution in [0.3, 0.4) is 0 Å². The molecule has 0 aliphatic carbocycles. The summed E-state index contributed by atoms with van der Waals surface area (Å²) >= 11 is 1.31. The van der Waals surface area contributed by atoms with Gasteiger partial charge in [0.05, 0.1) is 5.56 Å². The highest BCUT2D eigenvalue weighted by atomic mass is 32.2. The van der Waals surface area contributed by atoms with Crippen molar-refractivity contribution >= 4 is 29.7 Å². The molecule has 0 atom stereocenters. The van der Waals surface area contributed by atoms with Crippen molar-refractivity contribution in [2.45, 2.75) is 16.8 Å². The Morgan fingerprint density at radius 2 is 1.92 bits per heavy atom. The van der Waals surface area contributed by atoms with E-state index >= 15 is 0 Å². The number of aromatic nitrogens is 1. The van der Waals surface area contributed by atoms with Gasteiger partial charge in [0.25, 0.3) is 5.91 Å². The second-order valence-electron chi connectivity index (χ2n) is 4.76. The lowest BCUT2D eigenvalue weighted by atomic mass is 10.2. The van der Waals surface area contributed by atoms with E-state index in [9.17, 15) is 14.4 Å². The quantitative estimate of drug-likeness (QED) is 0.801. The molecule has 0 radical (unpaired) electrons. The van der Waals surface area contributed by atoms with Crippen molar-refractivity contribution in [3.8, 4) is 0 Å². The van der Waals surface area contributed by atoms with Crippen molar-refractivity contribution in [3.63, 3.8) is 0 Å². The normalized spacial score (nSPS) is 10.0. The Morgan fingerprint density at radius 1 is 1.21 bits per heavy atom. The summed E-state index contributed by atoms with van der Waals surface area (Å²) in [6.45, 7) is 1.38. The Morgan fingerprint density at radius 3 is 2.58 bits per heavy atom. The second-order valence-corrected chi connectivity index (χ2v) is 5.82. The third kappa shape index (κ3) is 5.10. The number of urea groups is 1. The van der Waals surface area contributed by atoms with E-state index in [1.165, 1.54) is 11.8 Å². The molecule has 1 aromatic carbocycles. The zero-order chi connectivity index (χ0) is 17.5. The molecule has 24 heavy (non-hydrogen) atoms. The maximum absolute atomic E-state index is 12.1. The van der Waals surface area contributed by atoms with Gasteiger partial charge in [-0.25, -0.2) is 14.6 Å². The van der Waals surface area contributed by atoms with Crippen LogP contribution in [0, 0.1) is 6.92 Å². The summed E-state index contributed by atoms with van der Waals surface area (Å²) in [5.41, 5.74) is 6.16. The van der Waals surface area contributed by atoms with Gasteiger partial charge in [0.1, 0.15) is 5.03 Å². The fourth-order valence-corrected chi connectivity index (χ4v) is 2.60. The largest absolute Gasteiger partial charge is 0.452 e. The zero-order valence-corrected chi connectivity index (χ0v) is 13.6. The van der Waals surface area contributed by atoms with Crippen LogP contribution in [-0.4, -0.2) is 29.5 Å². The third-order valence-corrected chi connectivity index (χ3v) is 3.85. The first kappa shape index (κ1) is 17.5. The number of aryl methyl sites for hydroxylation is 1. The highest BCUT2D eigenvalue weighted by Gasteiger charge is 2.16. The van der Waals surface area contributed by atoms with Crippen LogP contribution >= 0.6 is 11.8 Å². The fourth-order valence-electron chi connectivity index (χ4n) is 1.73. The van der Waals surface area contributed by atoms with Crippen molar-refractivity contribution in [1.82, 2.24) is 10.3 Å². The van der Waals surface area contributed by atoms with Gasteiger partial charge < -0.3 is 10.5 Å². The van der Waals surface area contributed by atoms with Crippen LogP contribution in [0.25, 0.3) is 0 Å². The van der Waals surface area contributed by atoms with E-state index in [1.54, 1.807) is 18.3 Å². The minimum Gasteiger partial charge on any atom is -0.452 e. The minimum absolute atomic E-state index is 0.231. The molecule has 8 heteroatoms. The topological polar surface area (TPSA) is 111 Å². The van der Waals surface area contributed by atoms with Crippen molar-refractivity contribution in [2.75, 3.05) is 6.61 Å². The number of esters is 1. The summed E-state index contributed by atoms with van der Waals surface area (Å²) in [7, 11) is 0. The van der Waals surface area contributed by atoms with Crippen molar-refractivity contribution in [2.24, 2.45) is 5.73 Å². The predicted octanol–water partition coefficient (Wildman–Crippen LogP) is 1.89. The number of ether oxygens (including phenoxy) is 1. The van der Waals surface area contributed by atoms with Crippen LogP contribution in [0.15, 0.2) is 52.5 Å². The van der Waals surface area contributed by atoms with Gasteiger partial charge in [0.2, 0.25) is 0 Å². The van der Waals surface area contributed by atoms with Gasteiger partial charge in [-0.1, -0.05) is 29.5 Å². The first-order valence-electron chi connectivity index (χ1n) is 6.91. The van der Waals surface area contributed by atoms with Gasteiger partial charge in [0, 0.05) is 11.1 Å². The molecule has 124 valence electrons.